The topological polar surface area (TPSA) is 73.4 Å². The number of aromatic nitrogens is 2. The number of halogens is 1. The molecule has 0 atom stereocenters. The molecular weight excluding hydrogens is 328 g/mol. The van der Waals surface area contributed by atoms with Crippen molar-refractivity contribution >= 4 is 23.2 Å². The minimum atomic E-state index is -0.0720. The number of hydrogen-bond donors (Lipinski definition) is 1. The van der Waals surface area contributed by atoms with E-state index >= 15 is 0 Å². The molecule has 2 heterocycles. The predicted octanol–water partition coefficient (Wildman–Crippen LogP) is 2.68. The van der Waals surface area contributed by atoms with Gasteiger partial charge in [-0.05, 0) is 25.0 Å². The molecule has 3 rings (SSSR count). The Morgan fingerprint density at radius 1 is 1.38 bits per heavy atom. The standard InChI is InChI=1S/C17H21ClN4O2/c1-21-15(3-6-20-21)11-4-7-22(8-5-11)17(23)12-9-13(18)14(19)10-16(12)24-2/h3,6,9-11H,4-5,7-8,19H2,1-2H3. The first-order valence-corrected chi connectivity index (χ1v) is 8.29. The molecular formula is C17H21ClN4O2. The summed E-state index contributed by atoms with van der Waals surface area (Å²) in [6.45, 7) is 1.39. The van der Waals surface area contributed by atoms with Crippen molar-refractivity contribution in [3.63, 3.8) is 0 Å². The molecule has 0 unspecified atom stereocenters. The number of ether oxygens (including phenoxy) is 1. The van der Waals surface area contributed by atoms with Crippen LogP contribution < -0.4 is 10.5 Å². The van der Waals surface area contributed by atoms with E-state index in [4.69, 9.17) is 22.1 Å². The van der Waals surface area contributed by atoms with Crippen LogP contribution >= 0.6 is 11.6 Å². The Bertz CT molecular complexity index is 751. The smallest absolute Gasteiger partial charge is 0.257 e. The highest BCUT2D eigenvalue weighted by molar-refractivity contribution is 6.33. The first kappa shape index (κ1) is 16.6. The van der Waals surface area contributed by atoms with Gasteiger partial charge in [0.05, 0.1) is 23.4 Å². The zero-order valence-electron chi connectivity index (χ0n) is 13.8. The molecule has 2 aromatic rings. The Labute approximate surface area is 146 Å². The van der Waals surface area contributed by atoms with E-state index in [2.05, 4.69) is 5.10 Å². The minimum Gasteiger partial charge on any atom is -0.496 e. The van der Waals surface area contributed by atoms with E-state index < -0.39 is 0 Å². The Kier molecular flexibility index (Phi) is 4.66. The van der Waals surface area contributed by atoms with Crippen LogP contribution in [0.2, 0.25) is 5.02 Å². The number of likely N-dealkylation sites (tertiary alicyclic amines) is 1. The van der Waals surface area contributed by atoms with Crippen molar-refractivity contribution in [2.24, 2.45) is 7.05 Å². The molecule has 7 heteroatoms. The highest BCUT2D eigenvalue weighted by atomic mass is 35.5. The van der Waals surface area contributed by atoms with Crippen molar-refractivity contribution in [2.45, 2.75) is 18.8 Å². The first-order valence-electron chi connectivity index (χ1n) is 7.91. The number of nitrogen functional groups attached to an aromatic ring is 1. The molecule has 1 saturated heterocycles. The Morgan fingerprint density at radius 3 is 2.67 bits per heavy atom. The predicted molar refractivity (Wildman–Crippen MR) is 93.5 cm³/mol. The summed E-state index contributed by atoms with van der Waals surface area (Å²) in [5, 5.41) is 4.59. The highest BCUT2D eigenvalue weighted by Crippen LogP contribution is 2.32. The van der Waals surface area contributed by atoms with Crippen LogP contribution in [-0.2, 0) is 7.05 Å². The van der Waals surface area contributed by atoms with Crippen molar-refractivity contribution < 1.29 is 9.53 Å². The van der Waals surface area contributed by atoms with Crippen LogP contribution in [0.5, 0.6) is 5.75 Å². The number of aryl methyl sites for hydroxylation is 1. The highest BCUT2D eigenvalue weighted by Gasteiger charge is 2.27. The van der Waals surface area contributed by atoms with E-state index in [0.29, 0.717) is 41.0 Å². The third kappa shape index (κ3) is 3.06. The molecule has 24 heavy (non-hydrogen) atoms. The van der Waals surface area contributed by atoms with Gasteiger partial charge in [-0.2, -0.15) is 5.10 Å². The number of nitrogens with two attached hydrogens (primary N) is 1. The Morgan fingerprint density at radius 2 is 2.08 bits per heavy atom. The fraction of sp³-hybridized carbons (Fsp3) is 0.412. The van der Waals surface area contributed by atoms with Gasteiger partial charge in [0.25, 0.3) is 5.91 Å². The maximum atomic E-state index is 12.8. The van der Waals surface area contributed by atoms with Crippen molar-refractivity contribution in [2.75, 3.05) is 25.9 Å². The number of carbonyl (C=O) groups excluding carboxylic acids is 1. The van der Waals surface area contributed by atoms with Crippen LogP contribution in [0, 0.1) is 0 Å². The molecule has 0 saturated carbocycles. The third-order valence-corrected chi connectivity index (χ3v) is 4.94. The molecule has 1 aromatic heterocycles. The van der Waals surface area contributed by atoms with Crippen LogP contribution in [-0.4, -0.2) is 40.8 Å². The second-order valence-corrected chi connectivity index (χ2v) is 6.43. The average molecular weight is 349 g/mol. The van der Waals surface area contributed by atoms with E-state index in [1.54, 1.807) is 12.1 Å². The normalized spacial score (nSPS) is 15.5. The van der Waals surface area contributed by atoms with Gasteiger partial charge in [-0.15, -0.1) is 0 Å². The van der Waals surface area contributed by atoms with Gasteiger partial charge in [0, 0.05) is 44.0 Å². The first-order chi connectivity index (χ1) is 11.5. The lowest BCUT2D eigenvalue weighted by atomic mass is 9.93. The Hall–Kier alpha value is -2.21. The molecule has 1 aliphatic rings. The number of carbonyl (C=O) groups is 1. The van der Waals surface area contributed by atoms with Crippen molar-refractivity contribution in [3.05, 3.63) is 40.7 Å². The van der Waals surface area contributed by atoms with Gasteiger partial charge in [0.1, 0.15) is 5.75 Å². The number of piperidine rings is 1. The van der Waals surface area contributed by atoms with Crippen LogP contribution in [0.1, 0.15) is 34.8 Å². The number of nitrogens with zero attached hydrogens (tertiary/aromatic N) is 3. The number of methoxy groups -OCH3 is 1. The van der Waals surface area contributed by atoms with Crippen LogP contribution in [0.25, 0.3) is 0 Å². The van der Waals surface area contributed by atoms with E-state index in [1.165, 1.54) is 12.8 Å². The zero-order chi connectivity index (χ0) is 17.3. The van der Waals surface area contributed by atoms with Crippen molar-refractivity contribution in [1.29, 1.82) is 0 Å². The second kappa shape index (κ2) is 6.73. The van der Waals surface area contributed by atoms with Crippen molar-refractivity contribution in [3.8, 4) is 5.75 Å². The lowest BCUT2D eigenvalue weighted by Gasteiger charge is -2.32. The molecule has 1 fully saturated rings. The fourth-order valence-corrected chi connectivity index (χ4v) is 3.40. The quantitative estimate of drug-likeness (QED) is 0.865. The number of hydrogen-bond acceptors (Lipinski definition) is 4. The summed E-state index contributed by atoms with van der Waals surface area (Å²) in [5.41, 5.74) is 7.86. The maximum absolute atomic E-state index is 12.8. The van der Waals surface area contributed by atoms with E-state index in [0.717, 1.165) is 12.8 Å². The number of benzene rings is 1. The molecule has 0 spiro atoms. The zero-order valence-corrected chi connectivity index (χ0v) is 14.6. The van der Waals surface area contributed by atoms with Crippen molar-refractivity contribution in [1.82, 2.24) is 14.7 Å². The van der Waals surface area contributed by atoms with Gasteiger partial charge in [-0.25, -0.2) is 0 Å². The van der Waals surface area contributed by atoms with Gasteiger partial charge in [0.15, 0.2) is 0 Å². The number of amides is 1. The van der Waals surface area contributed by atoms with Crippen LogP contribution in [0.3, 0.4) is 0 Å². The number of anilines is 1. The van der Waals surface area contributed by atoms with E-state index in [-0.39, 0.29) is 5.91 Å². The molecule has 1 aliphatic heterocycles. The molecule has 2 N–H and O–H groups in total. The van der Waals surface area contributed by atoms with E-state index in [9.17, 15) is 4.79 Å². The lowest BCUT2D eigenvalue weighted by Crippen LogP contribution is -2.38. The Balaban J connectivity index is 1.74. The molecule has 0 aliphatic carbocycles. The summed E-state index contributed by atoms with van der Waals surface area (Å²) < 4.78 is 7.20. The summed E-state index contributed by atoms with van der Waals surface area (Å²) in [5.74, 6) is 0.811. The van der Waals surface area contributed by atoms with Gasteiger partial charge in [0.2, 0.25) is 0 Å². The van der Waals surface area contributed by atoms with Gasteiger partial charge < -0.3 is 15.4 Å². The molecule has 0 radical (unpaired) electrons. The second-order valence-electron chi connectivity index (χ2n) is 6.02. The maximum Gasteiger partial charge on any atom is 0.257 e. The third-order valence-electron chi connectivity index (χ3n) is 4.61. The molecule has 1 aromatic carbocycles. The van der Waals surface area contributed by atoms with E-state index in [1.807, 2.05) is 28.9 Å². The molecule has 1 amide bonds. The summed E-state index contributed by atoms with van der Waals surface area (Å²) in [6, 6.07) is 5.23. The number of rotatable bonds is 3. The van der Waals surface area contributed by atoms with Crippen LogP contribution in [0.15, 0.2) is 24.4 Å². The lowest BCUT2D eigenvalue weighted by molar-refractivity contribution is 0.0708. The summed E-state index contributed by atoms with van der Waals surface area (Å²) in [6.07, 6.45) is 3.64. The average Bonchev–Trinajstić information content (AvgIpc) is 3.02. The van der Waals surface area contributed by atoms with Crippen LogP contribution in [0.4, 0.5) is 5.69 Å². The fourth-order valence-electron chi connectivity index (χ4n) is 3.24. The van der Waals surface area contributed by atoms with Gasteiger partial charge in [-0.1, -0.05) is 11.6 Å². The van der Waals surface area contributed by atoms with Gasteiger partial charge >= 0.3 is 0 Å². The largest absolute Gasteiger partial charge is 0.496 e. The minimum absolute atomic E-state index is 0.0720. The summed E-state index contributed by atoms with van der Waals surface area (Å²) >= 11 is 6.07. The molecule has 0 bridgehead atoms. The SMILES string of the molecule is COc1cc(N)c(Cl)cc1C(=O)N1CCC(c2ccnn2C)CC1. The molecule has 128 valence electrons. The monoisotopic (exact) mass is 348 g/mol. The van der Waals surface area contributed by atoms with Gasteiger partial charge in [-0.3, -0.25) is 9.48 Å². The summed E-state index contributed by atoms with van der Waals surface area (Å²) in [7, 11) is 3.47. The summed E-state index contributed by atoms with van der Waals surface area (Å²) in [4.78, 5) is 14.7. The molecule has 6 nitrogen and oxygen atoms in total.